The third-order valence-electron chi connectivity index (χ3n) is 7.00. The Bertz CT molecular complexity index is 435. The van der Waals surface area contributed by atoms with Crippen molar-refractivity contribution >= 4 is 0 Å². The van der Waals surface area contributed by atoms with E-state index in [0.717, 1.165) is 104 Å². The van der Waals surface area contributed by atoms with Crippen LogP contribution in [0.25, 0.3) is 0 Å². The molecule has 0 aliphatic rings. The molecule has 0 atom stereocenters. The van der Waals surface area contributed by atoms with Crippen LogP contribution in [0.5, 0.6) is 0 Å². The minimum atomic E-state index is 0.690. The molecule has 0 aliphatic heterocycles. The van der Waals surface area contributed by atoms with E-state index in [4.69, 9.17) is 11.5 Å². The third-order valence-corrected chi connectivity index (χ3v) is 7.00. The zero-order valence-electron chi connectivity index (χ0n) is 25.1. The van der Waals surface area contributed by atoms with Crippen molar-refractivity contribution in [1.29, 1.82) is 0 Å². The minimum absolute atomic E-state index is 0.690. The van der Waals surface area contributed by atoms with Crippen molar-refractivity contribution in [1.82, 2.24) is 41.3 Å². The van der Waals surface area contributed by atoms with Crippen LogP contribution < -0.4 is 38.1 Å². The van der Waals surface area contributed by atoms with Crippen LogP contribution in [-0.4, -0.2) is 154 Å². The summed E-state index contributed by atoms with van der Waals surface area (Å²) in [5, 5.41) is 17.0. The fraction of sp³-hybridized carbons (Fsp3) is 1.00. The molecular weight excluding hydrogens is 464 g/mol. The van der Waals surface area contributed by atoms with Crippen LogP contribution in [0.2, 0.25) is 0 Å². The molecular formula is C27H66N10. The van der Waals surface area contributed by atoms with Crippen molar-refractivity contribution in [2.75, 3.05) is 139 Å². The topological polar surface area (TPSA) is 122 Å². The van der Waals surface area contributed by atoms with Crippen molar-refractivity contribution in [2.45, 2.75) is 32.6 Å². The van der Waals surface area contributed by atoms with Gasteiger partial charge in [0.2, 0.25) is 0 Å². The highest BCUT2D eigenvalue weighted by Crippen LogP contribution is 2.13. The van der Waals surface area contributed by atoms with Crippen molar-refractivity contribution in [3.63, 3.8) is 0 Å². The normalized spacial score (nSPS) is 12.2. The summed E-state index contributed by atoms with van der Waals surface area (Å²) in [4.78, 5) is 7.79. The summed E-state index contributed by atoms with van der Waals surface area (Å²) in [7, 11) is 6.17. The van der Waals surface area contributed by atoms with Gasteiger partial charge in [0.25, 0.3) is 0 Å². The molecule has 37 heavy (non-hydrogen) atoms. The maximum atomic E-state index is 5.93. The van der Waals surface area contributed by atoms with E-state index in [1.807, 2.05) is 0 Å². The number of nitrogens with one attached hydrogen (secondary N) is 5. The second kappa shape index (κ2) is 28.6. The molecule has 0 amide bonds. The maximum absolute atomic E-state index is 5.93. The predicted molar refractivity (Wildman–Crippen MR) is 163 cm³/mol. The molecule has 0 aliphatic carbocycles. The Morgan fingerprint density at radius 2 is 0.973 bits per heavy atom. The van der Waals surface area contributed by atoms with Gasteiger partial charge in [-0.25, -0.2) is 0 Å². The molecule has 10 heteroatoms. The maximum Gasteiger partial charge on any atom is 0.0110 e. The van der Waals surface area contributed by atoms with Crippen LogP contribution in [0.4, 0.5) is 0 Å². The number of nitrogens with two attached hydrogens (primary N) is 2. The molecule has 0 radical (unpaired) electrons. The van der Waals surface area contributed by atoms with E-state index in [1.54, 1.807) is 0 Å². The van der Waals surface area contributed by atoms with Gasteiger partial charge in [0, 0.05) is 91.6 Å². The SMILES string of the molecule is CCCNCCN(CCN)CCN(CCNCCN)CCN(CCNC)CCC(CCNC)CCNC. The number of hydrogen-bond acceptors (Lipinski definition) is 10. The summed E-state index contributed by atoms with van der Waals surface area (Å²) in [6.45, 7) is 20.5. The molecule has 0 saturated carbocycles. The molecule has 0 unspecified atom stereocenters. The molecule has 0 aromatic heterocycles. The van der Waals surface area contributed by atoms with Gasteiger partial charge < -0.3 is 43.0 Å². The number of nitrogens with zero attached hydrogens (tertiary/aromatic N) is 3. The van der Waals surface area contributed by atoms with Gasteiger partial charge in [0.1, 0.15) is 0 Å². The number of hydrogen-bond donors (Lipinski definition) is 7. The van der Waals surface area contributed by atoms with Gasteiger partial charge in [-0.05, 0) is 78.9 Å². The molecule has 0 spiro atoms. The molecule has 0 heterocycles. The van der Waals surface area contributed by atoms with Crippen LogP contribution in [0.3, 0.4) is 0 Å². The average molecular weight is 531 g/mol. The Hall–Kier alpha value is -0.400. The molecule has 224 valence electrons. The van der Waals surface area contributed by atoms with Crippen molar-refractivity contribution in [3.8, 4) is 0 Å². The lowest BCUT2D eigenvalue weighted by molar-refractivity contribution is 0.171. The zero-order valence-corrected chi connectivity index (χ0v) is 25.1. The monoisotopic (exact) mass is 531 g/mol. The molecule has 0 aromatic carbocycles. The van der Waals surface area contributed by atoms with E-state index in [1.165, 1.54) is 32.2 Å². The molecule has 0 rings (SSSR count). The fourth-order valence-electron chi connectivity index (χ4n) is 4.52. The Labute approximate surface area is 230 Å². The second-order valence-corrected chi connectivity index (χ2v) is 10.1. The van der Waals surface area contributed by atoms with E-state index in [0.29, 0.717) is 13.1 Å². The molecule has 10 nitrogen and oxygen atoms in total. The number of rotatable bonds is 30. The zero-order chi connectivity index (χ0) is 27.4. The van der Waals surface area contributed by atoms with Gasteiger partial charge in [0.05, 0.1) is 0 Å². The highest BCUT2D eigenvalue weighted by atomic mass is 15.2. The van der Waals surface area contributed by atoms with Crippen LogP contribution in [0.15, 0.2) is 0 Å². The highest BCUT2D eigenvalue weighted by Gasteiger charge is 2.14. The first-order chi connectivity index (χ1) is 18.1. The van der Waals surface area contributed by atoms with E-state index >= 15 is 0 Å². The third kappa shape index (κ3) is 23.2. The highest BCUT2D eigenvalue weighted by molar-refractivity contribution is 4.71. The van der Waals surface area contributed by atoms with Gasteiger partial charge in [-0.15, -0.1) is 0 Å². The first-order valence-corrected chi connectivity index (χ1v) is 15.1. The standard InChI is InChI=1S/C27H66N10/c1-5-11-33-16-21-36(19-10-29)24-26-37(22-17-34-14-9-28)25-23-35(20-15-32-4)18-8-27(6-12-30-2)7-13-31-3/h27,30-34H,5-26,28-29H2,1-4H3. The van der Waals surface area contributed by atoms with Gasteiger partial charge >= 0.3 is 0 Å². The van der Waals surface area contributed by atoms with Crippen LogP contribution in [-0.2, 0) is 0 Å². The van der Waals surface area contributed by atoms with E-state index < -0.39 is 0 Å². The van der Waals surface area contributed by atoms with Crippen LogP contribution in [0.1, 0.15) is 32.6 Å². The Morgan fingerprint density at radius 3 is 1.46 bits per heavy atom. The first-order valence-electron chi connectivity index (χ1n) is 15.1. The Balaban J connectivity index is 4.92. The quantitative estimate of drug-likeness (QED) is 0.0573. The lowest BCUT2D eigenvalue weighted by atomic mass is 9.97. The summed E-state index contributed by atoms with van der Waals surface area (Å²) >= 11 is 0. The van der Waals surface area contributed by atoms with E-state index in [9.17, 15) is 0 Å². The van der Waals surface area contributed by atoms with Crippen molar-refractivity contribution in [3.05, 3.63) is 0 Å². The predicted octanol–water partition coefficient (Wildman–Crippen LogP) is -1.16. The first kappa shape index (κ1) is 36.6. The van der Waals surface area contributed by atoms with Crippen LogP contribution >= 0.6 is 0 Å². The second-order valence-electron chi connectivity index (χ2n) is 10.1. The lowest BCUT2D eigenvalue weighted by Crippen LogP contribution is -2.45. The summed E-state index contributed by atoms with van der Waals surface area (Å²) in [5.41, 5.74) is 11.6. The molecule has 0 saturated heterocycles. The van der Waals surface area contributed by atoms with Gasteiger partial charge in [0.15, 0.2) is 0 Å². The minimum Gasteiger partial charge on any atom is -0.329 e. The fourth-order valence-corrected chi connectivity index (χ4v) is 4.52. The Kier molecular flexibility index (Phi) is 28.3. The molecule has 0 aromatic rings. The molecule has 9 N–H and O–H groups in total. The van der Waals surface area contributed by atoms with Crippen LogP contribution in [0, 0.1) is 5.92 Å². The van der Waals surface area contributed by atoms with E-state index in [2.05, 4.69) is 69.4 Å². The summed E-state index contributed by atoms with van der Waals surface area (Å²) < 4.78 is 0. The van der Waals surface area contributed by atoms with E-state index in [-0.39, 0.29) is 0 Å². The smallest absolute Gasteiger partial charge is 0.0110 e. The summed E-state index contributed by atoms with van der Waals surface area (Å²) in [6.07, 6.45) is 4.94. The lowest BCUT2D eigenvalue weighted by Gasteiger charge is -2.31. The largest absolute Gasteiger partial charge is 0.329 e. The molecule has 0 bridgehead atoms. The molecule has 0 fully saturated rings. The summed E-state index contributed by atoms with van der Waals surface area (Å²) in [5.74, 6) is 0.764. The van der Waals surface area contributed by atoms with Crippen molar-refractivity contribution in [2.24, 2.45) is 17.4 Å². The van der Waals surface area contributed by atoms with Crippen molar-refractivity contribution < 1.29 is 0 Å². The average Bonchev–Trinajstić information content (AvgIpc) is 2.91. The van der Waals surface area contributed by atoms with Gasteiger partial charge in [-0.1, -0.05) is 6.92 Å². The summed E-state index contributed by atoms with van der Waals surface area (Å²) in [6, 6.07) is 0. The number of likely N-dealkylation sites (N-methyl/N-ethyl adjacent to an activating group) is 1. The van der Waals surface area contributed by atoms with Gasteiger partial charge in [-0.3, -0.25) is 9.80 Å². The Morgan fingerprint density at radius 1 is 0.486 bits per heavy atom. The van der Waals surface area contributed by atoms with Gasteiger partial charge in [-0.2, -0.15) is 0 Å².